The Morgan fingerprint density at radius 2 is 1.70 bits per heavy atom. The third-order valence-electron chi connectivity index (χ3n) is 7.25. The van der Waals surface area contributed by atoms with Crippen molar-refractivity contribution < 1.29 is 9.21 Å². The van der Waals surface area contributed by atoms with Gasteiger partial charge in [0.2, 0.25) is 0 Å². The molecule has 1 aliphatic rings. The summed E-state index contributed by atoms with van der Waals surface area (Å²) in [4.78, 5) is 42.0. The molecule has 8 nitrogen and oxygen atoms in total. The van der Waals surface area contributed by atoms with Gasteiger partial charge in [-0.3, -0.25) is 14.2 Å². The first-order valence-electron chi connectivity index (χ1n) is 14.2. The number of furan rings is 1. The van der Waals surface area contributed by atoms with Gasteiger partial charge in [-0.15, -0.1) is 0 Å². The second-order valence-corrected chi connectivity index (χ2v) is 12.9. The number of thiazole rings is 1. The molecule has 3 aromatic heterocycles. The van der Waals surface area contributed by atoms with Crippen LogP contribution in [0.3, 0.4) is 0 Å². The summed E-state index contributed by atoms with van der Waals surface area (Å²) in [6.07, 6.45) is 1.72. The lowest BCUT2D eigenvalue weighted by atomic mass is 9.93. The number of aryl methyl sites for hydroxylation is 2. The van der Waals surface area contributed by atoms with Crippen LogP contribution in [-0.2, 0) is 4.79 Å². The number of hydrogen-bond donors (Lipinski definition) is 1. The summed E-state index contributed by atoms with van der Waals surface area (Å²) in [6.45, 7) is 9.94. The van der Waals surface area contributed by atoms with E-state index in [1.54, 1.807) is 10.6 Å². The Morgan fingerprint density at radius 3 is 2.39 bits per heavy atom. The van der Waals surface area contributed by atoms with Crippen molar-refractivity contribution in [2.24, 2.45) is 4.99 Å². The summed E-state index contributed by atoms with van der Waals surface area (Å²) in [5.41, 5.74) is 5.19. The van der Waals surface area contributed by atoms with Crippen LogP contribution in [0, 0.1) is 13.8 Å². The molecule has 222 valence electrons. The smallest absolute Gasteiger partial charge is 0.271 e. The van der Waals surface area contributed by atoms with E-state index in [-0.39, 0.29) is 11.5 Å². The average molecular weight is 622 g/mol. The van der Waals surface area contributed by atoms with Crippen molar-refractivity contribution >= 4 is 40.8 Å². The number of amides is 1. The molecule has 0 saturated carbocycles. The highest BCUT2D eigenvalue weighted by Crippen LogP contribution is 2.32. The second-order valence-electron chi connectivity index (χ2n) is 10.9. The standard InChI is InChI=1S/C34H31N5O3S2/c1-19(2)23-11-13-24(14-12-23)30-29(31(40)38-25-9-7-6-8-10-25)22(5)37-34-39(30)32(41)27(43-34)18-26-15-16-28(42-26)44-33-35-20(3)17-21(4)36-33/h6-19,30H,1-5H3,(H,38,40)/b27-18+/t30-/m0/s1. The summed E-state index contributed by atoms with van der Waals surface area (Å²) >= 11 is 2.60. The molecule has 1 atom stereocenters. The van der Waals surface area contributed by atoms with Crippen LogP contribution in [0.1, 0.15) is 61.0 Å². The van der Waals surface area contributed by atoms with Gasteiger partial charge in [-0.1, -0.05) is 67.6 Å². The molecule has 0 radical (unpaired) electrons. The van der Waals surface area contributed by atoms with Gasteiger partial charge in [0.25, 0.3) is 11.5 Å². The SMILES string of the molecule is CC1=C(C(=O)Nc2ccccc2)[C@H](c2ccc(C(C)C)cc2)n2c(s/c(=C/c3ccc(Sc4nc(C)cc(C)n4)o3)c2=O)=N1. The zero-order valence-corrected chi connectivity index (χ0v) is 26.6. The highest BCUT2D eigenvalue weighted by atomic mass is 32.2. The maximum Gasteiger partial charge on any atom is 0.271 e. The number of para-hydroxylation sites is 1. The number of benzene rings is 2. The minimum Gasteiger partial charge on any atom is -0.450 e. The zero-order chi connectivity index (χ0) is 31.0. The average Bonchev–Trinajstić information content (AvgIpc) is 3.55. The third-order valence-corrected chi connectivity index (χ3v) is 9.01. The van der Waals surface area contributed by atoms with Gasteiger partial charge >= 0.3 is 0 Å². The largest absolute Gasteiger partial charge is 0.450 e. The van der Waals surface area contributed by atoms with E-state index in [0.717, 1.165) is 17.0 Å². The molecule has 6 rings (SSSR count). The van der Waals surface area contributed by atoms with Crippen LogP contribution in [0.4, 0.5) is 5.69 Å². The zero-order valence-electron chi connectivity index (χ0n) is 25.0. The van der Waals surface area contributed by atoms with E-state index in [0.29, 0.717) is 48.2 Å². The highest BCUT2D eigenvalue weighted by molar-refractivity contribution is 7.99. The maximum atomic E-state index is 14.0. The number of nitrogens with zero attached hydrogens (tertiary/aromatic N) is 4. The normalized spacial score (nSPS) is 15.0. The van der Waals surface area contributed by atoms with Gasteiger partial charge in [-0.25, -0.2) is 15.0 Å². The fraction of sp³-hybridized carbons (Fsp3) is 0.206. The molecule has 0 aliphatic carbocycles. The first-order valence-corrected chi connectivity index (χ1v) is 15.9. The molecule has 5 aromatic rings. The van der Waals surface area contributed by atoms with Gasteiger partial charge in [0.1, 0.15) is 5.76 Å². The fourth-order valence-corrected chi connectivity index (χ4v) is 7.00. The minimum atomic E-state index is -0.650. The molecular weight excluding hydrogens is 591 g/mol. The van der Waals surface area contributed by atoms with Gasteiger partial charge in [-0.05, 0) is 79.9 Å². The number of carbonyl (C=O) groups excluding carboxylic acids is 1. The van der Waals surface area contributed by atoms with Crippen LogP contribution in [0.25, 0.3) is 6.08 Å². The molecule has 0 spiro atoms. The molecule has 0 unspecified atom stereocenters. The van der Waals surface area contributed by atoms with Crippen LogP contribution >= 0.6 is 23.1 Å². The van der Waals surface area contributed by atoms with Crippen molar-refractivity contribution in [2.75, 3.05) is 5.32 Å². The van der Waals surface area contributed by atoms with Gasteiger partial charge in [0, 0.05) is 23.2 Å². The Hall–Kier alpha value is -4.54. The van der Waals surface area contributed by atoms with Crippen LogP contribution < -0.4 is 20.2 Å². The Kier molecular flexibility index (Phi) is 8.20. The number of rotatable bonds is 7. The molecule has 1 amide bonds. The molecule has 44 heavy (non-hydrogen) atoms. The number of hydrogen-bond acceptors (Lipinski definition) is 8. The van der Waals surface area contributed by atoms with Gasteiger partial charge < -0.3 is 9.73 Å². The summed E-state index contributed by atoms with van der Waals surface area (Å²) in [5, 5.41) is 4.21. The van der Waals surface area contributed by atoms with Crippen molar-refractivity contribution in [3.8, 4) is 0 Å². The molecule has 0 bridgehead atoms. The summed E-state index contributed by atoms with van der Waals surface area (Å²) in [6, 6.07) is 22.3. The number of anilines is 1. The number of nitrogens with one attached hydrogen (secondary N) is 1. The lowest BCUT2D eigenvalue weighted by molar-refractivity contribution is -0.113. The minimum absolute atomic E-state index is 0.243. The molecule has 1 aliphatic heterocycles. The summed E-state index contributed by atoms with van der Waals surface area (Å²) in [7, 11) is 0. The number of allylic oxidation sites excluding steroid dienone is 1. The van der Waals surface area contributed by atoms with E-state index in [9.17, 15) is 9.59 Å². The van der Waals surface area contributed by atoms with E-state index >= 15 is 0 Å². The lowest BCUT2D eigenvalue weighted by Gasteiger charge is -2.25. The van der Waals surface area contributed by atoms with Crippen LogP contribution in [0.2, 0.25) is 0 Å². The molecule has 0 saturated heterocycles. The van der Waals surface area contributed by atoms with Crippen molar-refractivity contribution in [3.63, 3.8) is 0 Å². The second kappa shape index (κ2) is 12.2. The predicted octanol–water partition coefficient (Wildman–Crippen LogP) is 6.15. The Bertz CT molecular complexity index is 2050. The molecular formula is C34H31N5O3S2. The maximum absolute atomic E-state index is 14.0. The first-order chi connectivity index (χ1) is 21.2. The highest BCUT2D eigenvalue weighted by Gasteiger charge is 2.32. The summed E-state index contributed by atoms with van der Waals surface area (Å²) in [5.74, 6) is 0.575. The van der Waals surface area contributed by atoms with E-state index in [1.807, 2.05) is 81.4 Å². The molecule has 10 heteroatoms. The summed E-state index contributed by atoms with van der Waals surface area (Å²) < 4.78 is 8.11. The van der Waals surface area contributed by atoms with E-state index in [1.165, 1.54) is 28.7 Å². The van der Waals surface area contributed by atoms with Crippen LogP contribution in [0.15, 0.2) is 109 Å². The third kappa shape index (κ3) is 6.09. The Morgan fingerprint density at radius 1 is 1.00 bits per heavy atom. The van der Waals surface area contributed by atoms with Gasteiger partial charge in [-0.2, -0.15) is 0 Å². The van der Waals surface area contributed by atoms with Crippen molar-refractivity contribution in [2.45, 2.75) is 56.8 Å². The van der Waals surface area contributed by atoms with Crippen LogP contribution in [-0.4, -0.2) is 20.4 Å². The topological polar surface area (TPSA) is 102 Å². The van der Waals surface area contributed by atoms with E-state index < -0.39 is 6.04 Å². The van der Waals surface area contributed by atoms with Gasteiger partial charge in [0.05, 0.1) is 21.8 Å². The first kappa shape index (κ1) is 29.5. The molecule has 4 heterocycles. The Labute approximate surface area is 262 Å². The van der Waals surface area contributed by atoms with Crippen LogP contribution in [0.5, 0.6) is 0 Å². The number of aromatic nitrogens is 3. The monoisotopic (exact) mass is 621 g/mol. The predicted molar refractivity (Wildman–Crippen MR) is 174 cm³/mol. The van der Waals surface area contributed by atoms with Crippen molar-refractivity contribution in [1.29, 1.82) is 0 Å². The van der Waals surface area contributed by atoms with E-state index in [4.69, 9.17) is 9.41 Å². The fourth-order valence-electron chi connectivity index (χ4n) is 5.14. The molecule has 2 aromatic carbocycles. The quantitative estimate of drug-likeness (QED) is 0.219. The molecule has 1 N–H and O–H groups in total. The number of fused-ring (bicyclic) bond motifs is 1. The lowest BCUT2D eigenvalue weighted by Crippen LogP contribution is -2.40. The number of carbonyl (C=O) groups is 1. The van der Waals surface area contributed by atoms with Crippen molar-refractivity contribution in [3.05, 3.63) is 132 Å². The Balaban J connectivity index is 1.40. The van der Waals surface area contributed by atoms with Gasteiger partial charge in [0.15, 0.2) is 15.1 Å². The molecule has 0 fully saturated rings. The van der Waals surface area contributed by atoms with E-state index in [2.05, 4.69) is 41.3 Å². The van der Waals surface area contributed by atoms with Crippen molar-refractivity contribution in [1.82, 2.24) is 14.5 Å².